The Labute approximate surface area is 110 Å². The Balaban J connectivity index is 1.83. The largest absolute Gasteiger partial charge is 0.372 e. The van der Waals surface area contributed by atoms with Gasteiger partial charge < -0.3 is 9.64 Å². The molecular weight excluding hydrogens is 228 g/mol. The third kappa shape index (κ3) is 3.69. The first kappa shape index (κ1) is 13.8. The smallest absolute Gasteiger partial charge is 0.236 e. The van der Waals surface area contributed by atoms with E-state index in [0.717, 1.165) is 32.1 Å². The van der Waals surface area contributed by atoms with Gasteiger partial charge in [-0.05, 0) is 39.2 Å². The Hall–Kier alpha value is -0.610. The molecule has 4 heteroatoms. The number of rotatable bonds is 2. The van der Waals surface area contributed by atoms with E-state index < -0.39 is 0 Å². The van der Waals surface area contributed by atoms with Crippen LogP contribution in [0.25, 0.3) is 0 Å². The predicted molar refractivity (Wildman–Crippen MR) is 71.4 cm³/mol. The van der Waals surface area contributed by atoms with Gasteiger partial charge in [0.15, 0.2) is 0 Å². The van der Waals surface area contributed by atoms with Crippen LogP contribution < -0.4 is 0 Å². The number of hydrogen-bond donors (Lipinski definition) is 0. The maximum Gasteiger partial charge on any atom is 0.236 e. The molecule has 3 atom stereocenters. The zero-order chi connectivity index (χ0) is 13.1. The molecule has 0 aromatic carbocycles. The number of hydrogen-bond acceptors (Lipinski definition) is 3. The number of nitrogens with zero attached hydrogens (tertiary/aromatic N) is 2. The van der Waals surface area contributed by atoms with Crippen molar-refractivity contribution in [3.8, 4) is 0 Å². The van der Waals surface area contributed by atoms with Crippen LogP contribution in [0.15, 0.2) is 0 Å². The standard InChI is InChI=1S/C14H26N2O2/c1-11-5-4-6-15(7-11)10-14(17)16-8-12(2)18-13(3)9-16/h11-13H,4-10H2,1-3H3. The molecule has 0 saturated carbocycles. The first-order valence-corrected chi connectivity index (χ1v) is 7.20. The van der Waals surface area contributed by atoms with Gasteiger partial charge in [-0.1, -0.05) is 6.92 Å². The summed E-state index contributed by atoms with van der Waals surface area (Å²) in [5, 5.41) is 0. The lowest BCUT2D eigenvalue weighted by atomic mass is 10.0. The molecule has 2 aliphatic rings. The number of piperidine rings is 1. The van der Waals surface area contributed by atoms with Crippen LogP contribution in [-0.2, 0) is 9.53 Å². The normalized spacial score (nSPS) is 34.6. The van der Waals surface area contributed by atoms with Crippen molar-refractivity contribution in [3.63, 3.8) is 0 Å². The van der Waals surface area contributed by atoms with E-state index in [9.17, 15) is 4.79 Å². The van der Waals surface area contributed by atoms with Crippen molar-refractivity contribution in [2.45, 2.75) is 45.8 Å². The zero-order valence-electron chi connectivity index (χ0n) is 11.9. The SMILES string of the molecule is CC1CCCN(CC(=O)N2CC(C)OC(C)C2)C1. The lowest BCUT2D eigenvalue weighted by Gasteiger charge is -2.37. The van der Waals surface area contributed by atoms with Crippen LogP contribution >= 0.6 is 0 Å². The van der Waals surface area contributed by atoms with Crippen LogP contribution in [0.3, 0.4) is 0 Å². The van der Waals surface area contributed by atoms with Crippen LogP contribution in [-0.4, -0.2) is 60.6 Å². The van der Waals surface area contributed by atoms with E-state index in [1.165, 1.54) is 12.8 Å². The van der Waals surface area contributed by atoms with Crippen molar-refractivity contribution in [3.05, 3.63) is 0 Å². The van der Waals surface area contributed by atoms with Crippen molar-refractivity contribution >= 4 is 5.91 Å². The molecule has 2 fully saturated rings. The van der Waals surface area contributed by atoms with E-state index in [1.807, 2.05) is 18.7 Å². The molecule has 0 aromatic heterocycles. The number of carbonyl (C=O) groups excluding carboxylic acids is 1. The van der Waals surface area contributed by atoms with Gasteiger partial charge in [-0.25, -0.2) is 0 Å². The average Bonchev–Trinajstić information content (AvgIpc) is 2.27. The molecule has 1 amide bonds. The third-order valence-electron chi connectivity index (χ3n) is 3.87. The molecule has 2 saturated heterocycles. The minimum atomic E-state index is 0.165. The van der Waals surface area contributed by atoms with Crippen molar-refractivity contribution in [1.29, 1.82) is 0 Å². The van der Waals surface area contributed by atoms with E-state index in [-0.39, 0.29) is 18.1 Å². The summed E-state index contributed by atoms with van der Waals surface area (Å²) in [6.45, 7) is 10.6. The van der Waals surface area contributed by atoms with E-state index in [2.05, 4.69) is 11.8 Å². The summed E-state index contributed by atoms with van der Waals surface area (Å²) in [6.07, 6.45) is 2.86. The highest BCUT2D eigenvalue weighted by Crippen LogP contribution is 2.16. The van der Waals surface area contributed by atoms with Crippen molar-refractivity contribution in [2.24, 2.45) is 5.92 Å². The summed E-state index contributed by atoms with van der Waals surface area (Å²) in [5.41, 5.74) is 0. The van der Waals surface area contributed by atoms with Crippen LogP contribution in [0, 0.1) is 5.92 Å². The van der Waals surface area contributed by atoms with Gasteiger partial charge >= 0.3 is 0 Å². The van der Waals surface area contributed by atoms with Crippen LogP contribution in [0.4, 0.5) is 0 Å². The minimum absolute atomic E-state index is 0.165. The highest BCUT2D eigenvalue weighted by molar-refractivity contribution is 5.78. The topological polar surface area (TPSA) is 32.8 Å². The molecule has 3 unspecified atom stereocenters. The van der Waals surface area contributed by atoms with E-state index in [1.54, 1.807) is 0 Å². The predicted octanol–water partition coefficient (Wildman–Crippen LogP) is 1.35. The maximum absolute atomic E-state index is 12.3. The summed E-state index contributed by atoms with van der Waals surface area (Å²) in [4.78, 5) is 16.6. The highest BCUT2D eigenvalue weighted by atomic mass is 16.5. The summed E-state index contributed by atoms with van der Waals surface area (Å²) in [7, 11) is 0. The Kier molecular flexibility index (Phi) is 4.62. The molecule has 104 valence electrons. The molecular formula is C14H26N2O2. The van der Waals surface area contributed by atoms with Crippen molar-refractivity contribution < 1.29 is 9.53 Å². The molecule has 0 spiro atoms. The van der Waals surface area contributed by atoms with Gasteiger partial charge in [0.05, 0.1) is 18.8 Å². The molecule has 0 aromatic rings. The molecule has 2 heterocycles. The minimum Gasteiger partial charge on any atom is -0.372 e. The van der Waals surface area contributed by atoms with E-state index in [4.69, 9.17) is 4.74 Å². The van der Waals surface area contributed by atoms with Gasteiger partial charge in [0.1, 0.15) is 0 Å². The quantitative estimate of drug-likeness (QED) is 0.746. The fraction of sp³-hybridized carbons (Fsp3) is 0.929. The van der Waals surface area contributed by atoms with Crippen molar-refractivity contribution in [2.75, 3.05) is 32.7 Å². The number of morpholine rings is 1. The number of likely N-dealkylation sites (tertiary alicyclic amines) is 1. The molecule has 0 aliphatic carbocycles. The second-order valence-electron chi connectivity index (χ2n) is 6.04. The maximum atomic E-state index is 12.3. The van der Waals surface area contributed by atoms with Gasteiger partial charge in [0, 0.05) is 19.6 Å². The van der Waals surface area contributed by atoms with Crippen LogP contribution in [0.2, 0.25) is 0 Å². The number of ether oxygens (including phenoxy) is 1. The summed E-state index contributed by atoms with van der Waals surface area (Å²) >= 11 is 0. The Morgan fingerprint density at radius 2 is 1.83 bits per heavy atom. The fourth-order valence-corrected chi connectivity index (χ4v) is 3.10. The Morgan fingerprint density at radius 3 is 2.44 bits per heavy atom. The first-order valence-electron chi connectivity index (χ1n) is 7.20. The second kappa shape index (κ2) is 6.02. The van der Waals surface area contributed by atoms with Crippen LogP contribution in [0.5, 0.6) is 0 Å². The number of amides is 1. The zero-order valence-corrected chi connectivity index (χ0v) is 11.9. The van der Waals surface area contributed by atoms with Crippen molar-refractivity contribution in [1.82, 2.24) is 9.80 Å². The van der Waals surface area contributed by atoms with Gasteiger partial charge in [-0.3, -0.25) is 9.69 Å². The fourth-order valence-electron chi connectivity index (χ4n) is 3.10. The molecule has 0 N–H and O–H groups in total. The van der Waals surface area contributed by atoms with E-state index >= 15 is 0 Å². The molecule has 0 radical (unpaired) electrons. The van der Waals surface area contributed by atoms with Gasteiger partial charge in [-0.2, -0.15) is 0 Å². The Morgan fingerprint density at radius 1 is 1.17 bits per heavy atom. The second-order valence-corrected chi connectivity index (χ2v) is 6.04. The molecule has 4 nitrogen and oxygen atoms in total. The third-order valence-corrected chi connectivity index (χ3v) is 3.87. The van der Waals surface area contributed by atoms with E-state index in [0.29, 0.717) is 6.54 Å². The molecule has 18 heavy (non-hydrogen) atoms. The Bertz CT molecular complexity index is 286. The highest BCUT2D eigenvalue weighted by Gasteiger charge is 2.27. The van der Waals surface area contributed by atoms with Gasteiger partial charge in [0.25, 0.3) is 0 Å². The lowest BCUT2D eigenvalue weighted by Crippen LogP contribution is -2.51. The monoisotopic (exact) mass is 254 g/mol. The average molecular weight is 254 g/mol. The van der Waals surface area contributed by atoms with Gasteiger partial charge in [-0.15, -0.1) is 0 Å². The summed E-state index contributed by atoms with van der Waals surface area (Å²) < 4.78 is 5.67. The molecule has 2 aliphatic heterocycles. The lowest BCUT2D eigenvalue weighted by molar-refractivity contribution is -0.144. The molecule has 0 bridgehead atoms. The molecule has 2 rings (SSSR count). The first-order chi connectivity index (χ1) is 8.54. The summed E-state index contributed by atoms with van der Waals surface area (Å²) in [5.74, 6) is 1.00. The van der Waals surface area contributed by atoms with Gasteiger partial charge in [0.2, 0.25) is 5.91 Å². The van der Waals surface area contributed by atoms with Crippen LogP contribution in [0.1, 0.15) is 33.6 Å². The number of carbonyl (C=O) groups is 1. The summed E-state index contributed by atoms with van der Waals surface area (Å²) in [6, 6.07) is 0.